The van der Waals surface area contributed by atoms with E-state index in [-0.39, 0.29) is 5.69 Å². The maximum atomic E-state index is 14.0. The van der Waals surface area contributed by atoms with Crippen molar-refractivity contribution in [2.75, 3.05) is 7.11 Å². The van der Waals surface area contributed by atoms with Gasteiger partial charge in [-0.1, -0.05) is 5.21 Å². The molecule has 0 unspecified atom stereocenters. The van der Waals surface area contributed by atoms with E-state index < -0.39 is 5.95 Å². The minimum absolute atomic E-state index is 0.216. The zero-order valence-electron chi connectivity index (χ0n) is 15.6. The first-order valence-corrected chi connectivity index (χ1v) is 8.72. The average molecular weight is 390 g/mol. The molecular formula is C19H15FN8O. The van der Waals surface area contributed by atoms with Crippen LogP contribution in [0.3, 0.4) is 0 Å². The molecule has 0 aliphatic heterocycles. The summed E-state index contributed by atoms with van der Waals surface area (Å²) in [6.07, 6.45) is 10.3. The summed E-state index contributed by atoms with van der Waals surface area (Å²) in [5, 5.41) is 16.9. The van der Waals surface area contributed by atoms with E-state index in [1.54, 1.807) is 47.0 Å². The van der Waals surface area contributed by atoms with Gasteiger partial charge in [-0.3, -0.25) is 4.68 Å². The molecule has 0 saturated heterocycles. The molecule has 0 aromatic carbocycles. The van der Waals surface area contributed by atoms with E-state index in [1.165, 1.54) is 10.9 Å². The smallest absolute Gasteiger partial charge is 0.238 e. The van der Waals surface area contributed by atoms with Crippen LogP contribution in [-0.4, -0.2) is 46.5 Å². The van der Waals surface area contributed by atoms with Crippen molar-refractivity contribution < 1.29 is 9.13 Å². The summed E-state index contributed by atoms with van der Waals surface area (Å²) in [5.74, 6) is 0.00321. The molecule has 5 rings (SSSR count). The molecule has 5 heterocycles. The molecule has 0 atom stereocenters. The van der Waals surface area contributed by atoms with Crippen LogP contribution >= 0.6 is 0 Å². The SMILES string of the molecule is COc1cc(-c2cnn(C)c2)cn2ncc(-c3cn(-c4cccnc4F)nn3)c12. The van der Waals surface area contributed by atoms with Gasteiger partial charge in [0.2, 0.25) is 5.95 Å². The molecule has 0 bridgehead atoms. The molecule has 9 nitrogen and oxygen atoms in total. The van der Waals surface area contributed by atoms with E-state index in [2.05, 4.69) is 25.5 Å². The summed E-state index contributed by atoms with van der Waals surface area (Å²) in [6.45, 7) is 0. The van der Waals surface area contributed by atoms with Crippen LogP contribution in [0.15, 0.2) is 55.4 Å². The quantitative estimate of drug-likeness (QED) is 0.438. The zero-order valence-corrected chi connectivity index (χ0v) is 15.6. The second kappa shape index (κ2) is 6.51. The highest BCUT2D eigenvalue weighted by atomic mass is 19.1. The Bertz CT molecular complexity index is 1340. The van der Waals surface area contributed by atoms with Crippen molar-refractivity contribution in [3.63, 3.8) is 0 Å². The number of hydrogen-bond acceptors (Lipinski definition) is 6. The summed E-state index contributed by atoms with van der Waals surface area (Å²) >= 11 is 0. The number of fused-ring (bicyclic) bond motifs is 1. The molecule has 0 radical (unpaired) electrons. The molecule has 5 aromatic rings. The largest absolute Gasteiger partial charge is 0.494 e. The van der Waals surface area contributed by atoms with Crippen LogP contribution in [0.5, 0.6) is 5.75 Å². The molecule has 0 aliphatic rings. The van der Waals surface area contributed by atoms with Gasteiger partial charge in [-0.15, -0.1) is 5.10 Å². The van der Waals surface area contributed by atoms with Crippen LogP contribution in [0, 0.1) is 5.95 Å². The monoisotopic (exact) mass is 390 g/mol. The van der Waals surface area contributed by atoms with Crippen molar-refractivity contribution in [3.05, 3.63) is 61.3 Å². The van der Waals surface area contributed by atoms with E-state index in [0.717, 1.165) is 22.2 Å². The maximum Gasteiger partial charge on any atom is 0.238 e. The van der Waals surface area contributed by atoms with Gasteiger partial charge >= 0.3 is 0 Å². The van der Waals surface area contributed by atoms with Crippen LogP contribution in [0.1, 0.15) is 0 Å². The van der Waals surface area contributed by atoms with Gasteiger partial charge in [0.1, 0.15) is 22.6 Å². The molecule has 29 heavy (non-hydrogen) atoms. The van der Waals surface area contributed by atoms with E-state index in [0.29, 0.717) is 11.4 Å². The van der Waals surface area contributed by atoms with Crippen molar-refractivity contribution in [1.29, 1.82) is 0 Å². The second-order valence-corrected chi connectivity index (χ2v) is 6.41. The Morgan fingerprint density at radius 2 is 1.97 bits per heavy atom. The number of nitrogens with zero attached hydrogens (tertiary/aromatic N) is 8. The first-order valence-electron chi connectivity index (χ1n) is 8.72. The van der Waals surface area contributed by atoms with Gasteiger partial charge in [-0.05, 0) is 18.2 Å². The Kier molecular flexibility index (Phi) is 3.83. The fourth-order valence-corrected chi connectivity index (χ4v) is 3.21. The number of rotatable bonds is 4. The molecule has 0 spiro atoms. The summed E-state index contributed by atoms with van der Waals surface area (Å²) in [5.41, 5.74) is 4.07. The molecule has 0 amide bonds. The summed E-state index contributed by atoms with van der Waals surface area (Å²) < 4.78 is 24.4. The molecule has 144 valence electrons. The third-order valence-electron chi connectivity index (χ3n) is 4.59. The van der Waals surface area contributed by atoms with Gasteiger partial charge in [0.05, 0.1) is 31.3 Å². The minimum Gasteiger partial charge on any atom is -0.494 e. The number of pyridine rings is 2. The lowest BCUT2D eigenvalue weighted by molar-refractivity contribution is 0.418. The maximum absolute atomic E-state index is 14.0. The standard InChI is InChI=1S/C19H15FN8O/c1-26-9-13(7-22-26)12-6-17(29-2)18-14(8-23-28(18)10-12)15-11-27(25-24-15)16-4-3-5-21-19(16)20/h3-11H,1-2H3. The fourth-order valence-electron chi connectivity index (χ4n) is 3.21. The predicted octanol–water partition coefficient (Wildman–Crippen LogP) is 2.53. The Morgan fingerprint density at radius 3 is 2.72 bits per heavy atom. The van der Waals surface area contributed by atoms with Crippen LogP contribution in [-0.2, 0) is 7.05 Å². The molecule has 10 heteroatoms. The van der Waals surface area contributed by atoms with Gasteiger partial charge in [0, 0.05) is 36.8 Å². The third-order valence-corrected chi connectivity index (χ3v) is 4.59. The molecule has 5 aromatic heterocycles. The number of ether oxygens (including phenoxy) is 1. The van der Waals surface area contributed by atoms with E-state index in [4.69, 9.17) is 4.74 Å². The van der Waals surface area contributed by atoms with E-state index in [9.17, 15) is 4.39 Å². The Labute approximate surface area is 164 Å². The molecule has 0 saturated carbocycles. The van der Waals surface area contributed by atoms with Gasteiger partial charge < -0.3 is 4.74 Å². The number of aromatic nitrogens is 8. The van der Waals surface area contributed by atoms with Crippen molar-refractivity contribution in [2.45, 2.75) is 0 Å². The Hall–Kier alpha value is -4.08. The van der Waals surface area contributed by atoms with E-state index in [1.807, 2.05) is 25.5 Å². The highest BCUT2D eigenvalue weighted by molar-refractivity contribution is 5.84. The van der Waals surface area contributed by atoms with Gasteiger partial charge in [0.25, 0.3) is 0 Å². The highest BCUT2D eigenvalue weighted by Gasteiger charge is 2.18. The summed E-state index contributed by atoms with van der Waals surface area (Å²) in [4.78, 5) is 3.65. The lowest BCUT2D eigenvalue weighted by atomic mass is 10.1. The Balaban J connectivity index is 1.63. The topological polar surface area (TPSA) is 88.0 Å². The van der Waals surface area contributed by atoms with Gasteiger partial charge in [-0.2, -0.15) is 14.6 Å². The fraction of sp³-hybridized carbons (Fsp3) is 0.105. The van der Waals surface area contributed by atoms with Crippen molar-refractivity contribution in [3.8, 4) is 33.8 Å². The predicted molar refractivity (Wildman–Crippen MR) is 102 cm³/mol. The van der Waals surface area contributed by atoms with Crippen LogP contribution in [0.25, 0.3) is 33.6 Å². The van der Waals surface area contributed by atoms with Crippen LogP contribution in [0.2, 0.25) is 0 Å². The lowest BCUT2D eigenvalue weighted by Crippen LogP contribution is -1.99. The van der Waals surface area contributed by atoms with E-state index >= 15 is 0 Å². The molecule has 0 aliphatic carbocycles. The zero-order chi connectivity index (χ0) is 20.0. The molecule has 0 fully saturated rings. The van der Waals surface area contributed by atoms with Gasteiger partial charge in [0.15, 0.2) is 0 Å². The highest BCUT2D eigenvalue weighted by Crippen LogP contribution is 2.33. The molecule has 0 N–H and O–H groups in total. The van der Waals surface area contributed by atoms with Crippen molar-refractivity contribution in [2.24, 2.45) is 7.05 Å². The van der Waals surface area contributed by atoms with Gasteiger partial charge in [-0.25, -0.2) is 14.2 Å². The number of aryl methyl sites for hydroxylation is 1. The normalized spacial score (nSPS) is 11.3. The van der Waals surface area contributed by atoms with Crippen molar-refractivity contribution in [1.82, 2.24) is 39.4 Å². The second-order valence-electron chi connectivity index (χ2n) is 6.41. The van der Waals surface area contributed by atoms with Crippen molar-refractivity contribution >= 4 is 5.52 Å². The summed E-state index contributed by atoms with van der Waals surface area (Å²) in [7, 11) is 3.46. The Morgan fingerprint density at radius 1 is 1.07 bits per heavy atom. The lowest BCUT2D eigenvalue weighted by Gasteiger charge is -2.07. The van der Waals surface area contributed by atoms with Crippen LogP contribution in [0.4, 0.5) is 4.39 Å². The first-order chi connectivity index (χ1) is 14.1. The number of halogens is 1. The number of methoxy groups -OCH3 is 1. The number of hydrogen-bond donors (Lipinski definition) is 0. The minimum atomic E-state index is -0.623. The first kappa shape index (κ1) is 17.0. The average Bonchev–Trinajstić information content (AvgIpc) is 3.46. The third kappa shape index (κ3) is 2.81. The van der Waals surface area contributed by atoms with Crippen LogP contribution < -0.4 is 4.74 Å². The molecular weight excluding hydrogens is 375 g/mol. The summed E-state index contributed by atoms with van der Waals surface area (Å²) in [6, 6.07) is 5.14.